The van der Waals surface area contributed by atoms with E-state index in [0.29, 0.717) is 6.54 Å². The molecule has 4 N–H and O–H groups in total. The van der Waals surface area contributed by atoms with Crippen LogP contribution in [0.15, 0.2) is 0 Å². The standard InChI is InChI=1S/C6H14N2S.2ClH/c7-5-6(8)1-3-9-4-2-6;;/h1-5,7-8H2;2*1H. The first kappa shape index (κ1) is 14.4. The highest BCUT2D eigenvalue weighted by Gasteiger charge is 2.25. The predicted molar refractivity (Wildman–Crippen MR) is 57.0 cm³/mol. The van der Waals surface area contributed by atoms with E-state index in [1.54, 1.807) is 0 Å². The van der Waals surface area contributed by atoms with Crippen LogP contribution in [-0.2, 0) is 0 Å². The fraction of sp³-hybridized carbons (Fsp3) is 1.00. The van der Waals surface area contributed by atoms with E-state index in [1.807, 2.05) is 11.8 Å². The predicted octanol–water partition coefficient (Wildman–Crippen LogP) is 1.01. The molecule has 0 aliphatic carbocycles. The number of rotatable bonds is 1. The zero-order valence-corrected chi connectivity index (χ0v) is 8.86. The van der Waals surface area contributed by atoms with Crippen molar-refractivity contribution >= 4 is 36.6 Å². The van der Waals surface area contributed by atoms with Gasteiger partial charge in [-0.05, 0) is 24.3 Å². The second kappa shape index (κ2) is 6.38. The van der Waals surface area contributed by atoms with E-state index in [-0.39, 0.29) is 30.4 Å². The lowest BCUT2D eigenvalue weighted by Crippen LogP contribution is -2.49. The van der Waals surface area contributed by atoms with Crippen molar-refractivity contribution in [2.75, 3.05) is 18.1 Å². The van der Waals surface area contributed by atoms with Gasteiger partial charge in [-0.1, -0.05) is 0 Å². The highest BCUT2D eigenvalue weighted by Crippen LogP contribution is 2.23. The van der Waals surface area contributed by atoms with Gasteiger partial charge in [0, 0.05) is 12.1 Å². The minimum atomic E-state index is -0.0226. The SMILES string of the molecule is Cl.Cl.NCC1(N)CCSCC1. The number of halogens is 2. The second-order valence-electron chi connectivity index (χ2n) is 2.68. The molecule has 0 unspecified atom stereocenters. The zero-order valence-electron chi connectivity index (χ0n) is 6.41. The number of hydrogen-bond acceptors (Lipinski definition) is 3. The van der Waals surface area contributed by atoms with Crippen LogP contribution in [0.4, 0.5) is 0 Å². The average molecular weight is 219 g/mol. The van der Waals surface area contributed by atoms with Crippen molar-refractivity contribution in [3.63, 3.8) is 0 Å². The van der Waals surface area contributed by atoms with E-state index in [4.69, 9.17) is 11.5 Å². The summed E-state index contributed by atoms with van der Waals surface area (Å²) in [5.41, 5.74) is 11.4. The normalized spacial score (nSPS) is 21.3. The van der Waals surface area contributed by atoms with Crippen LogP contribution in [0.2, 0.25) is 0 Å². The zero-order chi connectivity index (χ0) is 6.74. The van der Waals surface area contributed by atoms with Crippen molar-refractivity contribution in [3.8, 4) is 0 Å². The molecule has 0 radical (unpaired) electrons. The molecule has 1 aliphatic rings. The summed E-state index contributed by atoms with van der Waals surface area (Å²) in [4.78, 5) is 0. The van der Waals surface area contributed by atoms with Gasteiger partial charge in [-0.15, -0.1) is 24.8 Å². The Balaban J connectivity index is 0. The summed E-state index contributed by atoms with van der Waals surface area (Å²) in [7, 11) is 0. The van der Waals surface area contributed by atoms with Gasteiger partial charge in [0.25, 0.3) is 0 Å². The Labute approximate surface area is 84.7 Å². The van der Waals surface area contributed by atoms with Gasteiger partial charge >= 0.3 is 0 Å². The summed E-state index contributed by atoms with van der Waals surface area (Å²) in [5.74, 6) is 2.38. The Morgan fingerprint density at radius 3 is 1.91 bits per heavy atom. The third-order valence-corrected chi connectivity index (χ3v) is 2.88. The van der Waals surface area contributed by atoms with Crippen LogP contribution in [0.3, 0.4) is 0 Å². The summed E-state index contributed by atoms with van der Waals surface area (Å²) in [6, 6.07) is 0. The molecule has 11 heavy (non-hydrogen) atoms. The maximum Gasteiger partial charge on any atom is 0.0294 e. The first-order chi connectivity index (χ1) is 4.27. The third-order valence-electron chi connectivity index (χ3n) is 1.90. The maximum absolute atomic E-state index is 5.92. The molecule has 1 fully saturated rings. The molecule has 0 amide bonds. The molecule has 2 nitrogen and oxygen atoms in total. The molecule has 0 bridgehead atoms. The molecular weight excluding hydrogens is 203 g/mol. The smallest absolute Gasteiger partial charge is 0.0294 e. The Morgan fingerprint density at radius 2 is 1.64 bits per heavy atom. The lowest BCUT2D eigenvalue weighted by Gasteiger charge is -2.31. The first-order valence-electron chi connectivity index (χ1n) is 3.33. The van der Waals surface area contributed by atoms with Crippen molar-refractivity contribution in [2.45, 2.75) is 18.4 Å². The average Bonchev–Trinajstić information content (AvgIpc) is 1.90. The van der Waals surface area contributed by atoms with Gasteiger partial charge in [-0.3, -0.25) is 0 Å². The van der Waals surface area contributed by atoms with Crippen LogP contribution in [0.5, 0.6) is 0 Å². The summed E-state index contributed by atoms with van der Waals surface area (Å²) < 4.78 is 0. The van der Waals surface area contributed by atoms with E-state index in [9.17, 15) is 0 Å². The van der Waals surface area contributed by atoms with E-state index in [1.165, 1.54) is 11.5 Å². The number of nitrogens with two attached hydrogens (primary N) is 2. The minimum Gasteiger partial charge on any atom is -0.329 e. The van der Waals surface area contributed by atoms with Crippen LogP contribution in [0.1, 0.15) is 12.8 Å². The summed E-state index contributed by atoms with van der Waals surface area (Å²) in [5, 5.41) is 0. The van der Waals surface area contributed by atoms with Gasteiger partial charge in [-0.2, -0.15) is 11.8 Å². The van der Waals surface area contributed by atoms with E-state index < -0.39 is 0 Å². The van der Waals surface area contributed by atoms with Gasteiger partial charge in [0.15, 0.2) is 0 Å². The second-order valence-corrected chi connectivity index (χ2v) is 3.90. The molecule has 0 aromatic heterocycles. The molecule has 1 heterocycles. The number of thioether (sulfide) groups is 1. The van der Waals surface area contributed by atoms with Gasteiger partial charge in [0.1, 0.15) is 0 Å². The largest absolute Gasteiger partial charge is 0.329 e. The monoisotopic (exact) mass is 218 g/mol. The van der Waals surface area contributed by atoms with Crippen molar-refractivity contribution in [1.29, 1.82) is 0 Å². The molecule has 1 aliphatic heterocycles. The van der Waals surface area contributed by atoms with Crippen LogP contribution < -0.4 is 11.5 Å². The highest BCUT2D eigenvalue weighted by atomic mass is 35.5. The Bertz CT molecular complexity index is 96.6. The van der Waals surface area contributed by atoms with Gasteiger partial charge in [0.2, 0.25) is 0 Å². The van der Waals surface area contributed by atoms with Gasteiger partial charge in [0.05, 0.1) is 0 Å². The molecule has 0 atom stereocenters. The van der Waals surface area contributed by atoms with Crippen LogP contribution in [-0.4, -0.2) is 23.6 Å². The molecule has 0 spiro atoms. The summed E-state index contributed by atoms with van der Waals surface area (Å²) in [6.07, 6.45) is 2.18. The molecule has 1 rings (SSSR count). The summed E-state index contributed by atoms with van der Waals surface area (Å²) in [6.45, 7) is 0.646. The molecule has 0 aromatic rings. The van der Waals surface area contributed by atoms with Gasteiger partial charge in [-0.25, -0.2) is 0 Å². The molecule has 0 aromatic carbocycles. The maximum atomic E-state index is 5.92. The van der Waals surface area contributed by atoms with Crippen LogP contribution in [0.25, 0.3) is 0 Å². The molecule has 5 heteroatoms. The fourth-order valence-electron chi connectivity index (χ4n) is 0.982. The van der Waals surface area contributed by atoms with E-state index in [0.717, 1.165) is 12.8 Å². The minimum absolute atomic E-state index is 0. The molecule has 70 valence electrons. The topological polar surface area (TPSA) is 52.0 Å². The number of hydrogen-bond donors (Lipinski definition) is 2. The Hall–Kier alpha value is 0.850. The van der Waals surface area contributed by atoms with Crippen molar-refractivity contribution in [2.24, 2.45) is 11.5 Å². The fourth-order valence-corrected chi connectivity index (χ4v) is 2.29. The third kappa shape index (κ3) is 4.43. The quantitative estimate of drug-likeness (QED) is 0.692. The molecular formula is C6H16Cl2N2S. The Kier molecular flexibility index (Phi) is 8.33. The Morgan fingerprint density at radius 1 is 1.18 bits per heavy atom. The lowest BCUT2D eigenvalue weighted by atomic mass is 9.94. The van der Waals surface area contributed by atoms with Crippen LogP contribution >= 0.6 is 36.6 Å². The van der Waals surface area contributed by atoms with Crippen molar-refractivity contribution < 1.29 is 0 Å². The van der Waals surface area contributed by atoms with E-state index >= 15 is 0 Å². The lowest BCUT2D eigenvalue weighted by molar-refractivity contribution is 0.405. The van der Waals surface area contributed by atoms with Crippen molar-refractivity contribution in [3.05, 3.63) is 0 Å². The van der Waals surface area contributed by atoms with E-state index in [2.05, 4.69) is 0 Å². The first-order valence-corrected chi connectivity index (χ1v) is 4.49. The van der Waals surface area contributed by atoms with Crippen molar-refractivity contribution in [1.82, 2.24) is 0 Å². The highest BCUT2D eigenvalue weighted by molar-refractivity contribution is 7.99. The molecule has 1 saturated heterocycles. The molecule has 0 saturated carbocycles. The summed E-state index contributed by atoms with van der Waals surface area (Å²) >= 11 is 1.98. The van der Waals surface area contributed by atoms with Gasteiger partial charge < -0.3 is 11.5 Å². The van der Waals surface area contributed by atoms with Crippen LogP contribution in [0, 0.1) is 0 Å².